The molecule has 1 aromatic heterocycles. The highest BCUT2D eigenvalue weighted by Gasteiger charge is 2.20. The molecule has 1 aliphatic heterocycles. The van der Waals surface area contributed by atoms with E-state index in [9.17, 15) is 0 Å². The monoisotopic (exact) mass is 233 g/mol. The van der Waals surface area contributed by atoms with Crippen LogP contribution in [0, 0.1) is 0 Å². The Labute approximate surface area is 102 Å². The van der Waals surface area contributed by atoms with Crippen molar-refractivity contribution in [3.63, 3.8) is 0 Å². The van der Waals surface area contributed by atoms with E-state index in [0.717, 1.165) is 31.1 Å². The Morgan fingerprint density at radius 3 is 2.53 bits per heavy atom. The first-order valence-electron chi connectivity index (χ1n) is 6.61. The van der Waals surface area contributed by atoms with Gasteiger partial charge >= 0.3 is 0 Å². The standard InChI is InChI=1S/C13H19N3O/c1-2-4-11(3-1)17-12-8-15-13(16-9-12)10-5-6-14-7-10/h8-11,14H,1-7H2. The Morgan fingerprint density at radius 1 is 1.12 bits per heavy atom. The van der Waals surface area contributed by atoms with Crippen LogP contribution in [0.3, 0.4) is 0 Å². The van der Waals surface area contributed by atoms with Crippen molar-refractivity contribution in [1.82, 2.24) is 15.3 Å². The van der Waals surface area contributed by atoms with Gasteiger partial charge in [0.2, 0.25) is 0 Å². The first kappa shape index (κ1) is 11.0. The third-order valence-electron chi connectivity index (χ3n) is 3.68. The summed E-state index contributed by atoms with van der Waals surface area (Å²) in [6, 6.07) is 0. The molecule has 4 heteroatoms. The van der Waals surface area contributed by atoms with Crippen molar-refractivity contribution in [3.8, 4) is 5.75 Å². The number of nitrogens with one attached hydrogen (secondary N) is 1. The van der Waals surface area contributed by atoms with Gasteiger partial charge in [-0.25, -0.2) is 9.97 Å². The molecule has 0 spiro atoms. The van der Waals surface area contributed by atoms with E-state index < -0.39 is 0 Å². The van der Waals surface area contributed by atoms with Crippen LogP contribution in [0.2, 0.25) is 0 Å². The average Bonchev–Trinajstić information content (AvgIpc) is 3.01. The maximum atomic E-state index is 5.85. The lowest BCUT2D eigenvalue weighted by Crippen LogP contribution is -2.13. The lowest BCUT2D eigenvalue weighted by atomic mass is 10.1. The van der Waals surface area contributed by atoms with Gasteiger partial charge in [0, 0.05) is 12.5 Å². The van der Waals surface area contributed by atoms with E-state index in [1.165, 1.54) is 25.7 Å². The predicted octanol–water partition coefficient (Wildman–Crippen LogP) is 1.87. The van der Waals surface area contributed by atoms with E-state index in [1.807, 2.05) is 12.4 Å². The fraction of sp³-hybridized carbons (Fsp3) is 0.692. The topological polar surface area (TPSA) is 47.0 Å². The summed E-state index contributed by atoms with van der Waals surface area (Å²) in [5, 5.41) is 3.33. The van der Waals surface area contributed by atoms with Crippen LogP contribution >= 0.6 is 0 Å². The van der Waals surface area contributed by atoms with E-state index in [0.29, 0.717) is 12.0 Å². The zero-order valence-electron chi connectivity index (χ0n) is 10.1. The van der Waals surface area contributed by atoms with Crippen molar-refractivity contribution < 1.29 is 4.74 Å². The van der Waals surface area contributed by atoms with E-state index in [4.69, 9.17) is 4.74 Å². The highest BCUT2D eigenvalue weighted by Crippen LogP contribution is 2.24. The zero-order chi connectivity index (χ0) is 11.5. The summed E-state index contributed by atoms with van der Waals surface area (Å²) < 4.78 is 5.85. The minimum atomic E-state index is 0.387. The molecule has 0 amide bonds. The second-order valence-corrected chi connectivity index (χ2v) is 4.99. The molecule has 0 aromatic carbocycles. The van der Waals surface area contributed by atoms with Gasteiger partial charge in [0.1, 0.15) is 5.82 Å². The number of aromatic nitrogens is 2. The summed E-state index contributed by atoms with van der Waals surface area (Å²) in [4.78, 5) is 8.85. The van der Waals surface area contributed by atoms with Crippen LogP contribution < -0.4 is 10.1 Å². The molecule has 1 atom stereocenters. The summed E-state index contributed by atoms with van der Waals surface area (Å²) in [7, 11) is 0. The molecular weight excluding hydrogens is 214 g/mol. The molecule has 0 bridgehead atoms. The molecule has 1 unspecified atom stereocenters. The first-order chi connectivity index (χ1) is 8.42. The second kappa shape index (κ2) is 5.00. The van der Waals surface area contributed by atoms with Crippen LogP contribution in [0.1, 0.15) is 43.8 Å². The van der Waals surface area contributed by atoms with Crippen LogP contribution in [0.5, 0.6) is 5.75 Å². The van der Waals surface area contributed by atoms with E-state index in [1.54, 1.807) is 0 Å². The van der Waals surface area contributed by atoms with Crippen molar-refractivity contribution in [3.05, 3.63) is 18.2 Å². The summed E-state index contributed by atoms with van der Waals surface area (Å²) in [5.74, 6) is 2.26. The number of hydrogen-bond donors (Lipinski definition) is 1. The van der Waals surface area contributed by atoms with Gasteiger partial charge in [-0.3, -0.25) is 0 Å². The highest BCUT2D eigenvalue weighted by molar-refractivity contribution is 5.15. The highest BCUT2D eigenvalue weighted by atomic mass is 16.5. The number of ether oxygens (including phenoxy) is 1. The van der Waals surface area contributed by atoms with Gasteiger partial charge in [0.15, 0.2) is 5.75 Å². The summed E-state index contributed by atoms with van der Waals surface area (Å²) in [6.07, 6.45) is 10.1. The Hall–Kier alpha value is -1.16. The zero-order valence-corrected chi connectivity index (χ0v) is 10.1. The molecule has 2 aliphatic rings. The van der Waals surface area contributed by atoms with E-state index in [2.05, 4.69) is 15.3 Å². The largest absolute Gasteiger partial charge is 0.487 e. The third-order valence-corrected chi connectivity index (χ3v) is 3.68. The Bertz CT molecular complexity index is 353. The Morgan fingerprint density at radius 2 is 1.88 bits per heavy atom. The molecule has 2 fully saturated rings. The minimum absolute atomic E-state index is 0.387. The molecular formula is C13H19N3O. The molecule has 17 heavy (non-hydrogen) atoms. The number of hydrogen-bond acceptors (Lipinski definition) is 4. The maximum absolute atomic E-state index is 5.85. The van der Waals surface area contributed by atoms with Crippen molar-refractivity contribution >= 4 is 0 Å². The van der Waals surface area contributed by atoms with Gasteiger partial charge in [-0.1, -0.05) is 0 Å². The van der Waals surface area contributed by atoms with Gasteiger partial charge < -0.3 is 10.1 Å². The third kappa shape index (κ3) is 2.57. The van der Waals surface area contributed by atoms with Crippen LogP contribution in [0.25, 0.3) is 0 Å². The fourth-order valence-corrected chi connectivity index (χ4v) is 2.67. The van der Waals surface area contributed by atoms with Crippen molar-refractivity contribution in [1.29, 1.82) is 0 Å². The first-order valence-corrected chi connectivity index (χ1v) is 6.61. The Balaban J connectivity index is 1.62. The molecule has 3 rings (SSSR count). The fourth-order valence-electron chi connectivity index (χ4n) is 2.67. The molecule has 0 radical (unpaired) electrons. The Kier molecular flexibility index (Phi) is 3.22. The molecule has 2 heterocycles. The van der Waals surface area contributed by atoms with Gasteiger partial charge in [-0.15, -0.1) is 0 Å². The lowest BCUT2D eigenvalue weighted by Gasteiger charge is -2.13. The number of nitrogens with zero attached hydrogens (tertiary/aromatic N) is 2. The minimum Gasteiger partial charge on any atom is -0.487 e. The van der Waals surface area contributed by atoms with Crippen LogP contribution in [0.15, 0.2) is 12.4 Å². The summed E-state index contributed by atoms with van der Waals surface area (Å²) in [6.45, 7) is 2.08. The van der Waals surface area contributed by atoms with Crippen LogP contribution in [0.4, 0.5) is 0 Å². The van der Waals surface area contributed by atoms with Gasteiger partial charge in [0.05, 0.1) is 18.5 Å². The van der Waals surface area contributed by atoms with E-state index in [-0.39, 0.29) is 0 Å². The molecule has 1 aromatic rings. The summed E-state index contributed by atoms with van der Waals surface area (Å²) >= 11 is 0. The smallest absolute Gasteiger partial charge is 0.156 e. The van der Waals surface area contributed by atoms with Gasteiger partial charge in [-0.05, 0) is 38.6 Å². The van der Waals surface area contributed by atoms with Gasteiger partial charge in [0.25, 0.3) is 0 Å². The van der Waals surface area contributed by atoms with E-state index >= 15 is 0 Å². The summed E-state index contributed by atoms with van der Waals surface area (Å²) in [5.41, 5.74) is 0. The van der Waals surface area contributed by atoms with Crippen molar-refractivity contribution in [2.45, 2.75) is 44.1 Å². The quantitative estimate of drug-likeness (QED) is 0.866. The van der Waals surface area contributed by atoms with Crippen LogP contribution in [-0.4, -0.2) is 29.2 Å². The normalized spacial score (nSPS) is 25.3. The predicted molar refractivity (Wildman–Crippen MR) is 65.1 cm³/mol. The second-order valence-electron chi connectivity index (χ2n) is 4.99. The lowest BCUT2D eigenvalue weighted by molar-refractivity contribution is 0.208. The van der Waals surface area contributed by atoms with Crippen LogP contribution in [-0.2, 0) is 0 Å². The maximum Gasteiger partial charge on any atom is 0.156 e. The van der Waals surface area contributed by atoms with Crippen molar-refractivity contribution in [2.75, 3.05) is 13.1 Å². The molecule has 1 N–H and O–H groups in total. The molecule has 1 aliphatic carbocycles. The number of rotatable bonds is 3. The molecule has 1 saturated heterocycles. The molecule has 1 saturated carbocycles. The SMILES string of the molecule is c1nc(C2CCNC2)ncc1OC1CCCC1. The van der Waals surface area contributed by atoms with Gasteiger partial charge in [-0.2, -0.15) is 0 Å². The molecule has 4 nitrogen and oxygen atoms in total. The molecule has 92 valence electrons. The van der Waals surface area contributed by atoms with Crippen molar-refractivity contribution in [2.24, 2.45) is 0 Å². The average molecular weight is 233 g/mol.